The van der Waals surface area contributed by atoms with Gasteiger partial charge in [0.05, 0.1) is 5.52 Å². The molecule has 1 aliphatic carbocycles. The molecule has 0 atom stereocenters. The van der Waals surface area contributed by atoms with Gasteiger partial charge in [-0.05, 0) is 37.0 Å². The number of nitrogens with zero attached hydrogens (tertiary/aromatic N) is 2. The molecule has 2 N–H and O–H groups in total. The van der Waals surface area contributed by atoms with Gasteiger partial charge in [0.15, 0.2) is 5.69 Å². The summed E-state index contributed by atoms with van der Waals surface area (Å²) in [5.74, 6) is -0.245. The third kappa shape index (κ3) is 4.47. The van der Waals surface area contributed by atoms with Crippen molar-refractivity contribution in [2.24, 2.45) is 0 Å². The van der Waals surface area contributed by atoms with Gasteiger partial charge in [-0.1, -0.05) is 55.7 Å². The number of nitrogens with one attached hydrogen (secondary N) is 2. The molecule has 1 aromatic carbocycles. The van der Waals surface area contributed by atoms with Crippen molar-refractivity contribution in [1.82, 2.24) is 20.0 Å². The Labute approximate surface area is 170 Å². The van der Waals surface area contributed by atoms with Crippen molar-refractivity contribution in [2.45, 2.75) is 44.6 Å². The zero-order chi connectivity index (χ0) is 20.1. The predicted molar refractivity (Wildman–Crippen MR) is 112 cm³/mol. The first-order chi connectivity index (χ1) is 14.2. The molecular formula is C23H26N4O2. The molecule has 1 fully saturated rings. The van der Waals surface area contributed by atoms with Gasteiger partial charge in [0.2, 0.25) is 5.82 Å². The Hall–Kier alpha value is -3.15. The Bertz CT molecular complexity index is 991. The SMILES string of the molecule is O=C(NC1CCCCC1)c1nc(C(=O)NCCc2ccccc2)n2ccccc12. The highest BCUT2D eigenvalue weighted by Gasteiger charge is 2.23. The fourth-order valence-electron chi connectivity index (χ4n) is 3.91. The molecule has 2 aromatic heterocycles. The van der Waals surface area contributed by atoms with Crippen molar-refractivity contribution in [1.29, 1.82) is 0 Å². The van der Waals surface area contributed by atoms with Crippen LogP contribution >= 0.6 is 0 Å². The van der Waals surface area contributed by atoms with Crippen molar-refractivity contribution < 1.29 is 9.59 Å². The second-order valence-corrected chi connectivity index (χ2v) is 7.54. The van der Waals surface area contributed by atoms with Gasteiger partial charge in [-0.2, -0.15) is 0 Å². The van der Waals surface area contributed by atoms with Gasteiger partial charge in [0.25, 0.3) is 11.8 Å². The van der Waals surface area contributed by atoms with E-state index in [9.17, 15) is 9.59 Å². The molecule has 0 aliphatic heterocycles. The van der Waals surface area contributed by atoms with E-state index in [0.717, 1.165) is 37.7 Å². The van der Waals surface area contributed by atoms with E-state index in [-0.39, 0.29) is 23.7 Å². The predicted octanol–water partition coefficient (Wildman–Crippen LogP) is 3.37. The molecular weight excluding hydrogens is 364 g/mol. The smallest absolute Gasteiger partial charge is 0.287 e. The van der Waals surface area contributed by atoms with Gasteiger partial charge < -0.3 is 10.6 Å². The molecule has 0 unspecified atom stereocenters. The van der Waals surface area contributed by atoms with Crippen LogP contribution in [-0.4, -0.2) is 33.8 Å². The van der Waals surface area contributed by atoms with Crippen molar-refractivity contribution in [2.75, 3.05) is 6.54 Å². The highest BCUT2D eigenvalue weighted by Crippen LogP contribution is 2.19. The summed E-state index contributed by atoms with van der Waals surface area (Å²) in [5.41, 5.74) is 2.12. The lowest BCUT2D eigenvalue weighted by Gasteiger charge is -2.22. The summed E-state index contributed by atoms with van der Waals surface area (Å²) in [6, 6.07) is 15.7. The average Bonchev–Trinajstić information content (AvgIpc) is 3.15. The number of carbonyl (C=O) groups is 2. The topological polar surface area (TPSA) is 75.5 Å². The lowest BCUT2D eigenvalue weighted by molar-refractivity contribution is 0.0925. The van der Waals surface area contributed by atoms with E-state index < -0.39 is 0 Å². The van der Waals surface area contributed by atoms with E-state index in [0.29, 0.717) is 17.8 Å². The van der Waals surface area contributed by atoms with Crippen LogP contribution in [0.1, 0.15) is 58.8 Å². The van der Waals surface area contributed by atoms with Crippen LogP contribution in [0.2, 0.25) is 0 Å². The van der Waals surface area contributed by atoms with Gasteiger partial charge in [0.1, 0.15) is 0 Å². The van der Waals surface area contributed by atoms with Crippen LogP contribution in [0.5, 0.6) is 0 Å². The fraction of sp³-hybridized carbons (Fsp3) is 0.348. The van der Waals surface area contributed by atoms with Gasteiger partial charge in [-0.25, -0.2) is 4.98 Å². The summed E-state index contributed by atoms with van der Waals surface area (Å²) in [4.78, 5) is 30.0. The second kappa shape index (κ2) is 8.90. The van der Waals surface area contributed by atoms with Crippen LogP contribution in [0.4, 0.5) is 0 Å². The molecule has 4 rings (SSSR count). The Morgan fingerprint density at radius 1 is 0.966 bits per heavy atom. The number of hydrogen-bond donors (Lipinski definition) is 2. The molecule has 3 aromatic rings. The van der Waals surface area contributed by atoms with E-state index in [4.69, 9.17) is 0 Å². The molecule has 1 saturated carbocycles. The minimum Gasteiger partial charge on any atom is -0.349 e. The largest absolute Gasteiger partial charge is 0.349 e. The van der Waals surface area contributed by atoms with Crippen molar-refractivity contribution in [3.8, 4) is 0 Å². The van der Waals surface area contributed by atoms with Crippen LogP contribution in [0.3, 0.4) is 0 Å². The van der Waals surface area contributed by atoms with Crippen LogP contribution in [-0.2, 0) is 6.42 Å². The van der Waals surface area contributed by atoms with E-state index in [1.165, 1.54) is 6.42 Å². The van der Waals surface area contributed by atoms with Crippen LogP contribution < -0.4 is 10.6 Å². The maximum absolute atomic E-state index is 12.8. The Balaban J connectivity index is 1.49. The summed E-state index contributed by atoms with van der Waals surface area (Å²) in [5, 5.41) is 6.02. The molecule has 6 nitrogen and oxygen atoms in total. The van der Waals surface area contributed by atoms with Crippen LogP contribution in [0, 0.1) is 0 Å². The number of carbonyl (C=O) groups excluding carboxylic acids is 2. The molecule has 150 valence electrons. The maximum Gasteiger partial charge on any atom is 0.287 e. The molecule has 0 spiro atoms. The Morgan fingerprint density at radius 3 is 2.52 bits per heavy atom. The molecule has 2 heterocycles. The second-order valence-electron chi connectivity index (χ2n) is 7.54. The zero-order valence-corrected chi connectivity index (χ0v) is 16.4. The van der Waals surface area contributed by atoms with Crippen molar-refractivity contribution in [3.63, 3.8) is 0 Å². The monoisotopic (exact) mass is 390 g/mol. The normalized spacial score (nSPS) is 14.6. The fourth-order valence-corrected chi connectivity index (χ4v) is 3.91. The minimum atomic E-state index is -0.279. The number of pyridine rings is 1. The molecule has 0 bridgehead atoms. The number of amides is 2. The van der Waals surface area contributed by atoms with E-state index >= 15 is 0 Å². The Kier molecular flexibility index (Phi) is 5.89. The van der Waals surface area contributed by atoms with Crippen LogP contribution in [0.15, 0.2) is 54.7 Å². The lowest BCUT2D eigenvalue weighted by Crippen LogP contribution is -2.36. The van der Waals surface area contributed by atoms with Gasteiger partial charge in [-0.3, -0.25) is 14.0 Å². The van der Waals surface area contributed by atoms with Gasteiger partial charge in [-0.15, -0.1) is 0 Å². The summed E-state index contributed by atoms with van der Waals surface area (Å²) in [7, 11) is 0. The standard InChI is InChI=1S/C23H26N4O2/c28-22(25-18-11-5-2-6-12-18)20-19-13-7-8-16-27(19)21(26-20)23(29)24-15-14-17-9-3-1-4-10-17/h1,3-4,7-10,13,16,18H,2,5-6,11-12,14-15H2,(H,24,29)(H,25,28). The number of rotatable bonds is 6. The zero-order valence-electron chi connectivity index (χ0n) is 16.4. The first-order valence-corrected chi connectivity index (χ1v) is 10.3. The third-order valence-corrected chi connectivity index (χ3v) is 5.45. The number of imidazole rings is 1. The first kappa shape index (κ1) is 19.2. The van der Waals surface area contributed by atoms with E-state index in [1.807, 2.05) is 48.5 Å². The average molecular weight is 390 g/mol. The molecule has 29 heavy (non-hydrogen) atoms. The Morgan fingerprint density at radius 2 is 1.72 bits per heavy atom. The summed E-state index contributed by atoms with van der Waals surface area (Å²) in [6.45, 7) is 0.508. The summed E-state index contributed by atoms with van der Waals surface area (Å²) in [6.07, 6.45) is 8.03. The number of benzene rings is 1. The van der Waals surface area contributed by atoms with Crippen molar-refractivity contribution >= 4 is 17.3 Å². The molecule has 1 aliphatic rings. The first-order valence-electron chi connectivity index (χ1n) is 10.3. The van der Waals surface area contributed by atoms with Gasteiger partial charge in [0, 0.05) is 18.8 Å². The maximum atomic E-state index is 12.8. The third-order valence-electron chi connectivity index (χ3n) is 5.45. The van der Waals surface area contributed by atoms with E-state index in [1.54, 1.807) is 10.6 Å². The van der Waals surface area contributed by atoms with Gasteiger partial charge >= 0.3 is 0 Å². The molecule has 0 radical (unpaired) electrons. The highest BCUT2D eigenvalue weighted by atomic mass is 16.2. The number of hydrogen-bond acceptors (Lipinski definition) is 3. The minimum absolute atomic E-state index is 0.194. The van der Waals surface area contributed by atoms with E-state index in [2.05, 4.69) is 15.6 Å². The number of fused-ring (bicyclic) bond motifs is 1. The molecule has 6 heteroatoms. The summed E-state index contributed by atoms with van der Waals surface area (Å²) < 4.78 is 1.69. The summed E-state index contributed by atoms with van der Waals surface area (Å²) >= 11 is 0. The number of aromatic nitrogens is 2. The molecule has 0 saturated heterocycles. The highest BCUT2D eigenvalue weighted by molar-refractivity contribution is 6.02. The quantitative estimate of drug-likeness (QED) is 0.678. The van der Waals surface area contributed by atoms with Crippen molar-refractivity contribution in [3.05, 3.63) is 71.8 Å². The molecule has 2 amide bonds. The van der Waals surface area contributed by atoms with Crippen LogP contribution in [0.25, 0.3) is 5.52 Å². The lowest BCUT2D eigenvalue weighted by atomic mass is 9.95.